The summed E-state index contributed by atoms with van der Waals surface area (Å²) < 4.78 is 31.6. The molecule has 1 rings (SSSR count). The van der Waals surface area contributed by atoms with Crippen LogP contribution in [0.15, 0.2) is 24.3 Å². The Morgan fingerprint density at radius 3 is 2.44 bits per heavy atom. The Morgan fingerprint density at radius 1 is 1.22 bits per heavy atom. The molecule has 1 aromatic carbocycles. The van der Waals surface area contributed by atoms with Crippen molar-refractivity contribution in [3.63, 3.8) is 0 Å². The van der Waals surface area contributed by atoms with E-state index in [9.17, 15) is 8.42 Å². The molecule has 0 bridgehead atoms. The van der Waals surface area contributed by atoms with Crippen molar-refractivity contribution in [2.45, 2.75) is 13.0 Å². The smallest absolute Gasteiger partial charge is 0.306 e. The van der Waals surface area contributed by atoms with Crippen LogP contribution in [0, 0.1) is 0 Å². The van der Waals surface area contributed by atoms with Gasteiger partial charge in [0.15, 0.2) is 0 Å². The first-order valence-corrected chi connectivity index (χ1v) is 7.62. The summed E-state index contributed by atoms with van der Waals surface area (Å²) in [6.45, 7) is 2.65. The molecule has 0 aliphatic heterocycles. The fourth-order valence-electron chi connectivity index (χ4n) is 1.50. The topological polar surface area (TPSA) is 69.2 Å². The van der Waals surface area contributed by atoms with E-state index < -0.39 is 10.1 Å². The van der Waals surface area contributed by atoms with Gasteiger partial charge in [0.2, 0.25) is 0 Å². The van der Waals surface area contributed by atoms with Crippen molar-refractivity contribution < 1.29 is 22.7 Å². The quantitative estimate of drug-likeness (QED) is 0.540. The van der Waals surface area contributed by atoms with Gasteiger partial charge in [-0.15, -0.1) is 0 Å². The molecule has 0 aromatic heterocycles. The summed E-state index contributed by atoms with van der Waals surface area (Å²) >= 11 is 0. The monoisotopic (exact) mass is 274 g/mol. The second-order valence-corrected chi connectivity index (χ2v) is 5.63. The van der Waals surface area contributed by atoms with Crippen molar-refractivity contribution in [2.75, 3.05) is 26.5 Å². The Morgan fingerprint density at radius 2 is 1.89 bits per heavy atom. The van der Waals surface area contributed by atoms with Crippen molar-refractivity contribution in [1.29, 1.82) is 0 Å². The van der Waals surface area contributed by atoms with Crippen molar-refractivity contribution in [3.05, 3.63) is 29.8 Å². The SMILES string of the molecule is COCCC[NH2+]Cc1ccc(OS(C)(=O)=O)cc1. The lowest BCUT2D eigenvalue weighted by Crippen LogP contribution is -2.82. The van der Waals surface area contributed by atoms with Crippen LogP contribution in [0.3, 0.4) is 0 Å². The van der Waals surface area contributed by atoms with Crippen LogP contribution < -0.4 is 9.50 Å². The summed E-state index contributed by atoms with van der Waals surface area (Å²) in [7, 11) is -1.74. The zero-order chi connectivity index (χ0) is 13.4. The molecule has 0 saturated heterocycles. The minimum atomic E-state index is -3.44. The van der Waals surface area contributed by atoms with Gasteiger partial charge in [0.25, 0.3) is 0 Å². The first-order chi connectivity index (χ1) is 8.51. The summed E-state index contributed by atoms with van der Waals surface area (Å²) in [6, 6.07) is 7.07. The highest BCUT2D eigenvalue weighted by Gasteiger charge is 2.04. The molecule has 6 heteroatoms. The third-order valence-corrected chi connectivity index (χ3v) is 2.80. The second kappa shape index (κ2) is 7.35. The number of hydrogen-bond donors (Lipinski definition) is 1. The number of ether oxygens (including phenoxy) is 1. The summed E-state index contributed by atoms with van der Waals surface area (Å²) in [4.78, 5) is 0. The predicted octanol–water partition coefficient (Wildman–Crippen LogP) is 0.125. The molecule has 0 unspecified atom stereocenters. The van der Waals surface area contributed by atoms with Crippen LogP contribution in [-0.4, -0.2) is 34.9 Å². The molecule has 5 nitrogen and oxygen atoms in total. The van der Waals surface area contributed by atoms with Gasteiger partial charge in [-0.25, -0.2) is 0 Å². The van der Waals surface area contributed by atoms with E-state index in [0.717, 1.165) is 37.9 Å². The highest BCUT2D eigenvalue weighted by molar-refractivity contribution is 7.86. The second-order valence-electron chi connectivity index (χ2n) is 4.06. The van der Waals surface area contributed by atoms with Crippen LogP contribution in [0.4, 0.5) is 0 Å². The zero-order valence-corrected chi connectivity index (χ0v) is 11.6. The highest BCUT2D eigenvalue weighted by Crippen LogP contribution is 2.13. The molecule has 0 saturated carbocycles. The molecule has 0 radical (unpaired) electrons. The van der Waals surface area contributed by atoms with Crippen molar-refractivity contribution in [2.24, 2.45) is 0 Å². The van der Waals surface area contributed by atoms with Crippen LogP contribution in [0.1, 0.15) is 12.0 Å². The Hall–Kier alpha value is -1.11. The zero-order valence-electron chi connectivity index (χ0n) is 10.8. The van der Waals surface area contributed by atoms with E-state index in [1.54, 1.807) is 19.2 Å². The standard InChI is InChI=1S/C12H19NO4S/c1-16-9-3-8-13-10-11-4-6-12(7-5-11)17-18(2,14)15/h4-7,13H,3,8-10H2,1-2H3/p+1. The number of benzene rings is 1. The number of methoxy groups -OCH3 is 1. The van der Waals surface area contributed by atoms with Crippen molar-refractivity contribution in [1.82, 2.24) is 0 Å². The Kier molecular flexibility index (Phi) is 6.11. The summed E-state index contributed by atoms with van der Waals surface area (Å²) in [5.74, 6) is 0.348. The maximum Gasteiger partial charge on any atom is 0.306 e. The highest BCUT2D eigenvalue weighted by atomic mass is 32.2. The lowest BCUT2D eigenvalue weighted by molar-refractivity contribution is -0.671. The first kappa shape index (κ1) is 14.9. The fourth-order valence-corrected chi connectivity index (χ4v) is 1.96. The predicted molar refractivity (Wildman–Crippen MR) is 68.9 cm³/mol. The third kappa shape index (κ3) is 6.58. The van der Waals surface area contributed by atoms with Crippen LogP contribution in [0.25, 0.3) is 0 Å². The molecular formula is C12H20NO4S+. The van der Waals surface area contributed by atoms with E-state index in [1.165, 1.54) is 0 Å². The molecule has 0 fully saturated rings. The minimum Gasteiger partial charge on any atom is -0.384 e. The number of nitrogens with two attached hydrogens (primary N) is 1. The maximum atomic E-state index is 10.9. The number of quaternary nitrogens is 1. The molecule has 0 heterocycles. The minimum absolute atomic E-state index is 0.348. The van der Waals surface area contributed by atoms with Gasteiger partial charge in [-0.1, -0.05) is 0 Å². The lowest BCUT2D eigenvalue weighted by Gasteiger charge is -2.04. The van der Waals surface area contributed by atoms with E-state index in [2.05, 4.69) is 5.32 Å². The molecule has 0 atom stereocenters. The van der Waals surface area contributed by atoms with Gasteiger partial charge < -0.3 is 14.2 Å². The largest absolute Gasteiger partial charge is 0.384 e. The summed E-state index contributed by atoms with van der Waals surface area (Å²) in [5.41, 5.74) is 1.13. The molecule has 18 heavy (non-hydrogen) atoms. The number of rotatable bonds is 8. The van der Waals surface area contributed by atoms with Gasteiger partial charge in [-0.05, 0) is 24.3 Å². The number of hydrogen-bond acceptors (Lipinski definition) is 4. The third-order valence-electron chi connectivity index (χ3n) is 2.31. The van der Waals surface area contributed by atoms with Crippen LogP contribution in [-0.2, 0) is 21.4 Å². The molecule has 102 valence electrons. The summed E-state index contributed by atoms with van der Waals surface area (Å²) in [6.07, 6.45) is 2.05. The van der Waals surface area contributed by atoms with Gasteiger partial charge in [0, 0.05) is 19.1 Å². The van der Waals surface area contributed by atoms with Gasteiger partial charge >= 0.3 is 10.1 Å². The average Bonchev–Trinajstić information content (AvgIpc) is 2.29. The van der Waals surface area contributed by atoms with Crippen molar-refractivity contribution >= 4 is 10.1 Å². The van der Waals surface area contributed by atoms with E-state index in [-0.39, 0.29) is 0 Å². The first-order valence-electron chi connectivity index (χ1n) is 5.80. The van der Waals surface area contributed by atoms with Crippen LogP contribution in [0.2, 0.25) is 0 Å². The Labute approximate surface area is 108 Å². The van der Waals surface area contributed by atoms with Gasteiger partial charge in [-0.3, -0.25) is 0 Å². The van der Waals surface area contributed by atoms with Gasteiger partial charge in [-0.2, -0.15) is 8.42 Å². The maximum absolute atomic E-state index is 10.9. The van der Waals surface area contributed by atoms with E-state index in [0.29, 0.717) is 5.75 Å². The molecule has 0 spiro atoms. The molecular weight excluding hydrogens is 254 g/mol. The molecule has 0 amide bonds. The normalized spacial score (nSPS) is 11.4. The average molecular weight is 274 g/mol. The fraction of sp³-hybridized carbons (Fsp3) is 0.500. The van der Waals surface area contributed by atoms with Crippen LogP contribution >= 0.6 is 0 Å². The van der Waals surface area contributed by atoms with Crippen molar-refractivity contribution in [3.8, 4) is 5.75 Å². The van der Waals surface area contributed by atoms with Gasteiger partial charge in [0.05, 0.1) is 19.4 Å². The molecule has 0 aliphatic rings. The molecule has 1 aromatic rings. The van der Waals surface area contributed by atoms with E-state index >= 15 is 0 Å². The Balaban J connectivity index is 2.36. The lowest BCUT2D eigenvalue weighted by atomic mass is 10.2. The van der Waals surface area contributed by atoms with Gasteiger partial charge in [0.1, 0.15) is 12.3 Å². The van der Waals surface area contributed by atoms with E-state index in [1.807, 2.05) is 12.1 Å². The van der Waals surface area contributed by atoms with Crippen LogP contribution in [0.5, 0.6) is 5.75 Å². The van der Waals surface area contributed by atoms with E-state index in [4.69, 9.17) is 8.92 Å². The molecule has 0 aliphatic carbocycles. The summed E-state index contributed by atoms with van der Waals surface area (Å²) in [5, 5.41) is 2.19. The Bertz CT molecular complexity index is 442. The molecule has 2 N–H and O–H groups in total.